The van der Waals surface area contributed by atoms with Crippen molar-refractivity contribution in [2.45, 2.75) is 27.2 Å². The number of carbonyl (C=O) groups is 1. The van der Waals surface area contributed by atoms with Gasteiger partial charge in [-0.05, 0) is 32.0 Å². The number of aromatic hydroxyl groups is 1. The van der Waals surface area contributed by atoms with E-state index in [9.17, 15) is 25.3 Å². The van der Waals surface area contributed by atoms with E-state index in [0.29, 0.717) is 11.4 Å². The second-order valence-electron chi connectivity index (χ2n) is 6.21. The summed E-state index contributed by atoms with van der Waals surface area (Å²) in [5.74, 6) is -0.748. The molecule has 0 radical (unpaired) electrons. The van der Waals surface area contributed by atoms with Crippen molar-refractivity contribution < 1.29 is 14.8 Å². The Kier molecular flexibility index (Phi) is 7.41. The third kappa shape index (κ3) is 5.08. The Hall–Kier alpha value is -4.00. The Morgan fingerprint density at radius 3 is 2.50 bits per heavy atom. The number of phenolic OH excluding ortho intramolecular Hbond substituents is 1. The summed E-state index contributed by atoms with van der Waals surface area (Å²) in [7, 11) is 0. The quantitative estimate of drug-likeness (QED) is 0.364. The maximum absolute atomic E-state index is 11.9. The van der Waals surface area contributed by atoms with Gasteiger partial charge in [0, 0.05) is 31.3 Å². The predicted molar refractivity (Wildman–Crippen MR) is 113 cm³/mol. The molecule has 0 saturated carbocycles. The third-order valence-electron chi connectivity index (χ3n) is 4.37. The summed E-state index contributed by atoms with van der Waals surface area (Å²) in [6, 6.07) is 8.94. The molecule has 156 valence electrons. The number of nitriles is 1. The number of hydrogen-bond acceptors (Lipinski definition) is 8. The van der Waals surface area contributed by atoms with Gasteiger partial charge in [-0.15, -0.1) is 10.2 Å². The molecule has 0 aromatic heterocycles. The van der Waals surface area contributed by atoms with Crippen molar-refractivity contribution in [2.24, 2.45) is 10.2 Å². The van der Waals surface area contributed by atoms with Crippen LogP contribution in [0.25, 0.3) is 0 Å². The lowest BCUT2D eigenvalue weighted by molar-refractivity contribution is -0.384. The molecular weight excluding hydrogens is 388 g/mol. The zero-order chi connectivity index (χ0) is 22.3. The van der Waals surface area contributed by atoms with Gasteiger partial charge < -0.3 is 15.3 Å². The summed E-state index contributed by atoms with van der Waals surface area (Å²) in [5.41, 5.74) is 0.820. The first-order chi connectivity index (χ1) is 14.3. The van der Waals surface area contributed by atoms with Crippen molar-refractivity contribution in [3.8, 4) is 11.8 Å². The number of nitrogens with one attached hydrogen (secondary N) is 1. The minimum Gasteiger partial charge on any atom is -0.505 e. The van der Waals surface area contributed by atoms with Crippen LogP contribution >= 0.6 is 0 Å². The van der Waals surface area contributed by atoms with Crippen molar-refractivity contribution in [1.29, 1.82) is 5.26 Å². The molecular formula is C20H22N6O4. The first-order valence-electron chi connectivity index (χ1n) is 9.36. The average Bonchev–Trinajstić information content (AvgIpc) is 2.74. The zero-order valence-corrected chi connectivity index (χ0v) is 16.9. The zero-order valence-electron chi connectivity index (χ0n) is 16.9. The minimum atomic E-state index is -0.716. The number of benzene rings is 2. The van der Waals surface area contributed by atoms with Crippen LogP contribution in [0, 0.1) is 21.4 Å². The fourth-order valence-electron chi connectivity index (χ4n) is 2.74. The number of nitro groups is 1. The molecule has 2 aromatic carbocycles. The SMILES string of the molecule is CCC(=O)Nc1cc(N(CC)CC)ccc1/N=N/c1c(O)cc([N+](=O)[O-])cc1C#N. The molecule has 0 fully saturated rings. The van der Waals surface area contributed by atoms with Crippen LogP contribution in [0.5, 0.6) is 5.75 Å². The van der Waals surface area contributed by atoms with Gasteiger partial charge in [-0.25, -0.2) is 0 Å². The standard InChI is InChI=1S/C20H22N6O4/c1-4-19(28)22-17-10-14(25(5-2)6-3)7-8-16(17)23-24-20-13(12-21)9-15(26(29)30)11-18(20)27/h7-11,27H,4-6H2,1-3H3,(H,22,28)/b24-23+. The van der Waals surface area contributed by atoms with Gasteiger partial charge >= 0.3 is 0 Å². The summed E-state index contributed by atoms with van der Waals surface area (Å²) in [6.07, 6.45) is 0.272. The van der Waals surface area contributed by atoms with Crippen molar-refractivity contribution >= 4 is 34.3 Å². The van der Waals surface area contributed by atoms with Crippen molar-refractivity contribution in [3.05, 3.63) is 46.0 Å². The molecule has 0 aliphatic carbocycles. The Morgan fingerprint density at radius 1 is 1.23 bits per heavy atom. The van der Waals surface area contributed by atoms with Crippen LogP contribution < -0.4 is 10.2 Å². The Labute approximate surface area is 173 Å². The number of anilines is 2. The number of amides is 1. The first kappa shape index (κ1) is 22.3. The second-order valence-corrected chi connectivity index (χ2v) is 6.21. The summed E-state index contributed by atoms with van der Waals surface area (Å²) >= 11 is 0. The van der Waals surface area contributed by atoms with E-state index in [2.05, 4.69) is 20.4 Å². The number of nitrogens with zero attached hydrogens (tertiary/aromatic N) is 5. The van der Waals surface area contributed by atoms with Gasteiger partial charge in [0.25, 0.3) is 5.69 Å². The highest BCUT2D eigenvalue weighted by Gasteiger charge is 2.17. The van der Waals surface area contributed by atoms with Crippen LogP contribution in [0.2, 0.25) is 0 Å². The first-order valence-corrected chi connectivity index (χ1v) is 9.36. The number of phenols is 1. The molecule has 10 nitrogen and oxygen atoms in total. The highest BCUT2D eigenvalue weighted by atomic mass is 16.6. The molecule has 1 amide bonds. The lowest BCUT2D eigenvalue weighted by Gasteiger charge is -2.22. The summed E-state index contributed by atoms with van der Waals surface area (Å²) in [5, 5.41) is 41.0. The number of nitro benzene ring substituents is 1. The molecule has 0 aliphatic rings. The fourth-order valence-corrected chi connectivity index (χ4v) is 2.74. The molecule has 0 unspecified atom stereocenters. The number of rotatable bonds is 8. The molecule has 0 saturated heterocycles. The Bertz CT molecular complexity index is 1020. The van der Waals surface area contributed by atoms with Crippen LogP contribution in [0.4, 0.5) is 28.4 Å². The van der Waals surface area contributed by atoms with Gasteiger partial charge in [0.05, 0.1) is 22.2 Å². The topological polar surface area (TPSA) is 144 Å². The molecule has 0 atom stereocenters. The van der Waals surface area contributed by atoms with Crippen molar-refractivity contribution in [3.63, 3.8) is 0 Å². The molecule has 0 bridgehead atoms. The molecule has 0 heterocycles. The maximum atomic E-state index is 11.9. The number of non-ortho nitro benzene ring substituents is 1. The van der Waals surface area contributed by atoms with E-state index < -0.39 is 16.4 Å². The van der Waals surface area contributed by atoms with E-state index in [1.807, 2.05) is 19.9 Å². The third-order valence-corrected chi connectivity index (χ3v) is 4.37. The molecule has 2 rings (SSSR count). The normalized spacial score (nSPS) is 10.6. The van der Waals surface area contributed by atoms with E-state index >= 15 is 0 Å². The fraction of sp³-hybridized carbons (Fsp3) is 0.300. The Balaban J connectivity index is 2.51. The molecule has 0 aliphatic heterocycles. The van der Waals surface area contributed by atoms with Crippen LogP contribution in [0.3, 0.4) is 0 Å². The van der Waals surface area contributed by atoms with Crippen LogP contribution in [-0.4, -0.2) is 29.0 Å². The molecule has 10 heteroatoms. The molecule has 2 aromatic rings. The number of carbonyl (C=O) groups excluding carboxylic acids is 1. The van der Waals surface area contributed by atoms with E-state index in [-0.39, 0.29) is 23.6 Å². The van der Waals surface area contributed by atoms with Gasteiger partial charge in [-0.3, -0.25) is 14.9 Å². The summed E-state index contributed by atoms with van der Waals surface area (Å²) in [6.45, 7) is 7.31. The maximum Gasteiger partial charge on any atom is 0.274 e. The molecule has 0 spiro atoms. The average molecular weight is 410 g/mol. The number of azo groups is 1. The predicted octanol–water partition coefficient (Wildman–Crippen LogP) is 4.78. The van der Waals surface area contributed by atoms with Crippen LogP contribution in [0.15, 0.2) is 40.6 Å². The minimum absolute atomic E-state index is 0.190. The van der Waals surface area contributed by atoms with E-state index in [0.717, 1.165) is 30.9 Å². The monoisotopic (exact) mass is 410 g/mol. The summed E-state index contributed by atoms with van der Waals surface area (Å²) < 4.78 is 0. The highest BCUT2D eigenvalue weighted by Crippen LogP contribution is 2.37. The smallest absolute Gasteiger partial charge is 0.274 e. The van der Waals surface area contributed by atoms with Gasteiger partial charge in [-0.1, -0.05) is 6.92 Å². The van der Waals surface area contributed by atoms with Gasteiger partial charge in [0.1, 0.15) is 17.4 Å². The largest absolute Gasteiger partial charge is 0.505 e. The van der Waals surface area contributed by atoms with Gasteiger partial charge in [0.15, 0.2) is 5.75 Å². The van der Waals surface area contributed by atoms with Gasteiger partial charge in [0.2, 0.25) is 5.91 Å². The summed E-state index contributed by atoms with van der Waals surface area (Å²) in [4.78, 5) is 24.2. The van der Waals surface area contributed by atoms with Crippen molar-refractivity contribution in [2.75, 3.05) is 23.3 Å². The van der Waals surface area contributed by atoms with Crippen LogP contribution in [0.1, 0.15) is 32.8 Å². The highest BCUT2D eigenvalue weighted by molar-refractivity contribution is 5.94. The van der Waals surface area contributed by atoms with Gasteiger partial charge in [-0.2, -0.15) is 5.26 Å². The number of hydrogen-bond donors (Lipinski definition) is 2. The van der Waals surface area contributed by atoms with Crippen LogP contribution in [-0.2, 0) is 4.79 Å². The van der Waals surface area contributed by atoms with E-state index in [4.69, 9.17) is 0 Å². The Morgan fingerprint density at radius 2 is 1.93 bits per heavy atom. The van der Waals surface area contributed by atoms with E-state index in [1.165, 1.54) is 0 Å². The molecule has 2 N–H and O–H groups in total. The second kappa shape index (κ2) is 9.97. The lowest BCUT2D eigenvalue weighted by Crippen LogP contribution is -2.22. The van der Waals surface area contributed by atoms with E-state index in [1.54, 1.807) is 25.1 Å². The van der Waals surface area contributed by atoms with Crippen molar-refractivity contribution in [1.82, 2.24) is 0 Å². The lowest BCUT2D eigenvalue weighted by atomic mass is 10.1. The molecule has 30 heavy (non-hydrogen) atoms.